The van der Waals surface area contributed by atoms with Crippen molar-refractivity contribution in [1.29, 1.82) is 0 Å². The van der Waals surface area contributed by atoms with Gasteiger partial charge in [0.1, 0.15) is 5.54 Å². The molecule has 1 aromatic rings. The van der Waals surface area contributed by atoms with E-state index >= 15 is 0 Å². The highest BCUT2D eigenvalue weighted by molar-refractivity contribution is 6.06. The van der Waals surface area contributed by atoms with Gasteiger partial charge in [-0.05, 0) is 46.2 Å². The zero-order valence-corrected chi connectivity index (χ0v) is 15.0. The van der Waals surface area contributed by atoms with Crippen LogP contribution in [0.3, 0.4) is 0 Å². The summed E-state index contributed by atoms with van der Waals surface area (Å²) in [5.74, 6) is 0.00303. The van der Waals surface area contributed by atoms with Crippen molar-refractivity contribution in [3.63, 3.8) is 0 Å². The van der Waals surface area contributed by atoms with Crippen LogP contribution in [0.2, 0.25) is 0 Å². The predicted molar refractivity (Wildman–Crippen MR) is 90.3 cm³/mol. The minimum Gasteiger partial charge on any atom is -0.323 e. The summed E-state index contributed by atoms with van der Waals surface area (Å²) >= 11 is 0. The molecule has 7 heteroatoms. The number of nitrogens with zero attached hydrogens (tertiary/aromatic N) is 4. The Labute approximate surface area is 143 Å². The summed E-state index contributed by atoms with van der Waals surface area (Å²) in [6.45, 7) is 8.66. The number of hydrogen-bond acceptors (Lipinski definition) is 4. The van der Waals surface area contributed by atoms with E-state index < -0.39 is 5.54 Å². The van der Waals surface area contributed by atoms with Crippen molar-refractivity contribution >= 4 is 11.9 Å². The normalized spacial score (nSPS) is 28.7. The Morgan fingerprint density at radius 2 is 2.17 bits per heavy atom. The van der Waals surface area contributed by atoms with Crippen molar-refractivity contribution in [2.75, 3.05) is 20.1 Å². The van der Waals surface area contributed by atoms with E-state index in [2.05, 4.69) is 35.2 Å². The highest BCUT2D eigenvalue weighted by Gasteiger charge is 2.51. The van der Waals surface area contributed by atoms with Crippen molar-refractivity contribution in [3.8, 4) is 0 Å². The molecule has 0 unspecified atom stereocenters. The number of piperidine rings is 1. The van der Waals surface area contributed by atoms with Crippen molar-refractivity contribution in [3.05, 3.63) is 18.0 Å². The number of imide groups is 1. The Kier molecular flexibility index (Phi) is 4.38. The second-order valence-corrected chi connectivity index (χ2v) is 7.45. The molecule has 1 N–H and O–H groups in total. The number of rotatable bonds is 4. The van der Waals surface area contributed by atoms with Crippen LogP contribution in [0.1, 0.15) is 45.3 Å². The molecule has 0 bridgehead atoms. The number of likely N-dealkylation sites (tertiary alicyclic amines) is 1. The van der Waals surface area contributed by atoms with E-state index in [1.54, 1.807) is 7.05 Å². The maximum Gasteiger partial charge on any atom is 0.324 e. The van der Waals surface area contributed by atoms with Crippen molar-refractivity contribution in [2.24, 2.45) is 5.92 Å². The molecule has 3 amide bonds. The van der Waals surface area contributed by atoms with E-state index in [0.717, 1.165) is 38.2 Å². The van der Waals surface area contributed by atoms with Gasteiger partial charge in [0, 0.05) is 38.3 Å². The Hall–Kier alpha value is -1.89. The average molecular weight is 333 g/mol. The molecule has 2 aliphatic heterocycles. The molecule has 0 radical (unpaired) electrons. The standard InChI is InChI=1S/C17H27N5O2/c1-12(2)22-9-7-14(19-22)11-21-8-5-6-13(10-21)17(3)15(23)20(4)16(24)18-17/h7,9,12-13H,5-6,8,10-11H2,1-4H3,(H,18,24)/t13-,17-/m0/s1. The van der Waals surface area contributed by atoms with Gasteiger partial charge in [0.25, 0.3) is 5.91 Å². The van der Waals surface area contributed by atoms with Crippen molar-refractivity contribution < 1.29 is 9.59 Å². The third-order valence-corrected chi connectivity index (χ3v) is 5.32. The Bertz CT molecular complexity index is 641. The zero-order valence-electron chi connectivity index (χ0n) is 15.0. The van der Waals surface area contributed by atoms with E-state index in [9.17, 15) is 9.59 Å². The average Bonchev–Trinajstić information content (AvgIpc) is 3.08. The van der Waals surface area contributed by atoms with Crippen molar-refractivity contribution in [1.82, 2.24) is 24.9 Å². The lowest BCUT2D eigenvalue weighted by Gasteiger charge is -2.39. The SMILES string of the molecule is CC(C)n1ccc(CN2CCC[C@H]([C@]3(C)NC(=O)N(C)C3=O)C2)n1. The molecule has 0 spiro atoms. The number of aromatic nitrogens is 2. The molecule has 2 fully saturated rings. The molecule has 7 nitrogen and oxygen atoms in total. The maximum atomic E-state index is 12.5. The molecular weight excluding hydrogens is 306 g/mol. The maximum absolute atomic E-state index is 12.5. The van der Waals surface area contributed by atoms with Crippen LogP contribution in [0.25, 0.3) is 0 Å². The van der Waals surface area contributed by atoms with Gasteiger partial charge in [-0.25, -0.2) is 4.79 Å². The van der Waals surface area contributed by atoms with Crippen LogP contribution in [0.4, 0.5) is 4.79 Å². The van der Waals surface area contributed by atoms with Gasteiger partial charge in [0.2, 0.25) is 0 Å². The van der Waals surface area contributed by atoms with Crippen LogP contribution in [0.5, 0.6) is 0 Å². The number of nitrogens with one attached hydrogen (secondary N) is 1. The molecule has 132 valence electrons. The summed E-state index contributed by atoms with van der Waals surface area (Å²) in [5, 5.41) is 7.51. The number of urea groups is 1. The van der Waals surface area contributed by atoms with Gasteiger partial charge in [-0.3, -0.25) is 19.3 Å². The lowest BCUT2D eigenvalue weighted by atomic mass is 9.80. The highest BCUT2D eigenvalue weighted by Crippen LogP contribution is 2.32. The van der Waals surface area contributed by atoms with Crippen LogP contribution >= 0.6 is 0 Å². The van der Waals surface area contributed by atoms with E-state index in [1.807, 2.05) is 17.8 Å². The second-order valence-electron chi connectivity index (χ2n) is 7.45. The topological polar surface area (TPSA) is 70.5 Å². The largest absolute Gasteiger partial charge is 0.324 e. The first kappa shape index (κ1) is 17.0. The van der Waals surface area contributed by atoms with Gasteiger partial charge in [-0.1, -0.05) is 0 Å². The molecular formula is C17H27N5O2. The number of amides is 3. The molecule has 0 aliphatic carbocycles. The molecule has 24 heavy (non-hydrogen) atoms. The number of likely N-dealkylation sites (N-methyl/N-ethyl adjacent to an activating group) is 1. The lowest BCUT2D eigenvalue weighted by molar-refractivity contribution is -0.132. The van der Waals surface area contributed by atoms with E-state index in [0.29, 0.717) is 6.04 Å². The van der Waals surface area contributed by atoms with Gasteiger partial charge in [-0.2, -0.15) is 5.10 Å². The quantitative estimate of drug-likeness (QED) is 0.850. The molecule has 0 saturated carbocycles. The fourth-order valence-corrected chi connectivity index (χ4v) is 3.73. The molecule has 3 rings (SSSR count). The third kappa shape index (κ3) is 2.92. The summed E-state index contributed by atoms with van der Waals surface area (Å²) in [6.07, 6.45) is 3.99. The number of carbonyl (C=O) groups is 2. The fourth-order valence-electron chi connectivity index (χ4n) is 3.73. The Balaban J connectivity index is 1.68. The van der Waals surface area contributed by atoms with Crippen LogP contribution in [-0.4, -0.2) is 57.2 Å². The molecule has 1 aromatic heterocycles. The first-order chi connectivity index (χ1) is 11.3. The van der Waals surface area contributed by atoms with Gasteiger partial charge in [0.05, 0.1) is 5.69 Å². The van der Waals surface area contributed by atoms with E-state index in [4.69, 9.17) is 0 Å². The summed E-state index contributed by atoms with van der Waals surface area (Å²) in [7, 11) is 1.54. The fraction of sp³-hybridized carbons (Fsp3) is 0.706. The molecule has 3 heterocycles. The Morgan fingerprint density at radius 1 is 1.42 bits per heavy atom. The number of hydrogen-bond donors (Lipinski definition) is 1. The zero-order chi connectivity index (χ0) is 17.5. The van der Waals surface area contributed by atoms with E-state index in [1.165, 1.54) is 4.90 Å². The lowest BCUT2D eigenvalue weighted by Crippen LogP contribution is -2.55. The second kappa shape index (κ2) is 6.20. The molecule has 2 atom stereocenters. The first-order valence-corrected chi connectivity index (χ1v) is 8.68. The van der Waals surface area contributed by atoms with Gasteiger partial charge in [-0.15, -0.1) is 0 Å². The molecule has 2 aliphatic rings. The first-order valence-electron chi connectivity index (χ1n) is 8.68. The smallest absolute Gasteiger partial charge is 0.323 e. The highest BCUT2D eigenvalue weighted by atomic mass is 16.2. The van der Waals surface area contributed by atoms with Crippen molar-refractivity contribution in [2.45, 2.75) is 51.7 Å². The van der Waals surface area contributed by atoms with Gasteiger partial charge < -0.3 is 5.32 Å². The monoisotopic (exact) mass is 333 g/mol. The minimum absolute atomic E-state index is 0.122. The molecule has 2 saturated heterocycles. The minimum atomic E-state index is -0.790. The summed E-state index contributed by atoms with van der Waals surface area (Å²) in [5.41, 5.74) is 0.260. The van der Waals surface area contributed by atoms with Crippen LogP contribution < -0.4 is 5.32 Å². The van der Waals surface area contributed by atoms with Crippen LogP contribution in [0, 0.1) is 5.92 Å². The number of carbonyl (C=O) groups excluding carboxylic acids is 2. The third-order valence-electron chi connectivity index (χ3n) is 5.32. The van der Waals surface area contributed by atoms with Gasteiger partial charge in [0.15, 0.2) is 0 Å². The van der Waals surface area contributed by atoms with Crippen LogP contribution in [-0.2, 0) is 11.3 Å². The summed E-state index contributed by atoms with van der Waals surface area (Å²) in [4.78, 5) is 27.9. The van der Waals surface area contributed by atoms with Gasteiger partial charge >= 0.3 is 6.03 Å². The Morgan fingerprint density at radius 3 is 2.75 bits per heavy atom. The van der Waals surface area contributed by atoms with Crippen LogP contribution in [0.15, 0.2) is 12.3 Å². The molecule has 0 aromatic carbocycles. The summed E-state index contributed by atoms with van der Waals surface area (Å²) in [6, 6.07) is 2.12. The summed E-state index contributed by atoms with van der Waals surface area (Å²) < 4.78 is 1.97. The van der Waals surface area contributed by atoms with E-state index in [-0.39, 0.29) is 17.9 Å². The predicted octanol–water partition coefficient (Wildman–Crippen LogP) is 1.62.